The number of halogens is 1. The predicted octanol–water partition coefficient (Wildman–Crippen LogP) is 3.48. The number of methoxy groups -OCH3 is 1. The first-order chi connectivity index (χ1) is 9.42. The Morgan fingerprint density at radius 1 is 1.20 bits per heavy atom. The molecule has 20 heavy (non-hydrogen) atoms. The van der Waals surface area contributed by atoms with E-state index in [9.17, 15) is 0 Å². The molecule has 0 aromatic heterocycles. The Morgan fingerprint density at radius 3 is 2.45 bits per heavy atom. The Morgan fingerprint density at radius 2 is 1.90 bits per heavy atom. The molecule has 0 saturated carbocycles. The van der Waals surface area contributed by atoms with E-state index in [4.69, 9.17) is 4.74 Å². The Labute approximate surface area is 132 Å². The molecule has 0 unspecified atom stereocenters. The van der Waals surface area contributed by atoms with Crippen molar-refractivity contribution in [2.45, 2.75) is 20.4 Å². The zero-order chi connectivity index (χ0) is 15.1. The van der Waals surface area contributed by atoms with Gasteiger partial charge in [-0.3, -0.25) is 4.90 Å². The van der Waals surface area contributed by atoms with Crippen LogP contribution in [0.25, 0.3) is 0 Å². The predicted molar refractivity (Wildman–Crippen MR) is 89.4 cm³/mol. The standard InChI is InChI=1S/C16H27BrN2O/c1-13(2)11-19(9-8-18(3)4)12-14-10-15(17)6-7-16(14)20-5/h6-7,10,13H,8-9,11-12H2,1-5H3. The van der Waals surface area contributed by atoms with Gasteiger partial charge in [0, 0.05) is 36.2 Å². The van der Waals surface area contributed by atoms with E-state index in [0.717, 1.165) is 36.4 Å². The second-order valence-corrected chi connectivity index (χ2v) is 6.80. The van der Waals surface area contributed by atoms with Gasteiger partial charge in [-0.1, -0.05) is 29.8 Å². The van der Waals surface area contributed by atoms with Crippen LogP contribution < -0.4 is 4.74 Å². The van der Waals surface area contributed by atoms with Gasteiger partial charge in [0.2, 0.25) is 0 Å². The largest absolute Gasteiger partial charge is 0.496 e. The third-order valence-electron chi connectivity index (χ3n) is 3.12. The lowest BCUT2D eigenvalue weighted by atomic mass is 10.1. The van der Waals surface area contributed by atoms with Crippen LogP contribution in [0.4, 0.5) is 0 Å². The molecular weight excluding hydrogens is 316 g/mol. The first-order valence-corrected chi connectivity index (χ1v) is 7.91. The molecule has 0 aliphatic heterocycles. The summed E-state index contributed by atoms with van der Waals surface area (Å²) in [6.07, 6.45) is 0. The fraction of sp³-hybridized carbons (Fsp3) is 0.625. The lowest BCUT2D eigenvalue weighted by Crippen LogP contribution is -2.34. The third-order valence-corrected chi connectivity index (χ3v) is 3.62. The molecule has 0 N–H and O–H groups in total. The fourth-order valence-electron chi connectivity index (χ4n) is 2.20. The summed E-state index contributed by atoms with van der Waals surface area (Å²) < 4.78 is 6.58. The molecule has 1 rings (SSSR count). The number of hydrogen-bond acceptors (Lipinski definition) is 3. The maximum absolute atomic E-state index is 5.47. The minimum atomic E-state index is 0.662. The lowest BCUT2D eigenvalue weighted by Gasteiger charge is -2.26. The number of benzene rings is 1. The topological polar surface area (TPSA) is 15.7 Å². The maximum atomic E-state index is 5.47. The van der Waals surface area contributed by atoms with Gasteiger partial charge in [-0.25, -0.2) is 0 Å². The summed E-state index contributed by atoms with van der Waals surface area (Å²) in [5.41, 5.74) is 1.24. The Balaban J connectivity index is 2.79. The van der Waals surface area contributed by atoms with Crippen molar-refractivity contribution in [2.24, 2.45) is 5.92 Å². The molecule has 3 nitrogen and oxygen atoms in total. The van der Waals surface area contributed by atoms with E-state index in [0.29, 0.717) is 5.92 Å². The van der Waals surface area contributed by atoms with Gasteiger partial charge in [0.05, 0.1) is 7.11 Å². The number of nitrogens with zero attached hydrogens (tertiary/aromatic N) is 2. The van der Waals surface area contributed by atoms with Crippen LogP contribution in [0.5, 0.6) is 5.75 Å². The average Bonchev–Trinajstić information content (AvgIpc) is 2.35. The van der Waals surface area contributed by atoms with Crippen molar-refractivity contribution in [2.75, 3.05) is 40.8 Å². The summed E-state index contributed by atoms with van der Waals surface area (Å²) >= 11 is 3.55. The fourth-order valence-corrected chi connectivity index (χ4v) is 2.61. The van der Waals surface area contributed by atoms with E-state index in [2.05, 4.69) is 59.7 Å². The van der Waals surface area contributed by atoms with E-state index in [1.165, 1.54) is 5.56 Å². The molecule has 0 atom stereocenters. The van der Waals surface area contributed by atoms with Gasteiger partial charge >= 0.3 is 0 Å². The molecule has 0 radical (unpaired) electrons. The van der Waals surface area contributed by atoms with E-state index >= 15 is 0 Å². The van der Waals surface area contributed by atoms with E-state index in [1.807, 2.05) is 12.1 Å². The van der Waals surface area contributed by atoms with Crippen LogP contribution in [0.3, 0.4) is 0 Å². The highest BCUT2D eigenvalue weighted by atomic mass is 79.9. The van der Waals surface area contributed by atoms with Crippen molar-refractivity contribution < 1.29 is 4.74 Å². The highest BCUT2D eigenvalue weighted by Gasteiger charge is 2.12. The highest BCUT2D eigenvalue weighted by Crippen LogP contribution is 2.24. The number of hydrogen-bond donors (Lipinski definition) is 0. The summed E-state index contributed by atoms with van der Waals surface area (Å²) in [5, 5.41) is 0. The molecule has 1 aromatic carbocycles. The van der Waals surface area contributed by atoms with Crippen LogP contribution >= 0.6 is 15.9 Å². The van der Waals surface area contributed by atoms with Gasteiger partial charge < -0.3 is 9.64 Å². The van der Waals surface area contributed by atoms with Crippen molar-refractivity contribution in [3.63, 3.8) is 0 Å². The second-order valence-electron chi connectivity index (χ2n) is 5.89. The molecule has 0 spiro atoms. The van der Waals surface area contributed by atoms with Gasteiger partial charge in [-0.15, -0.1) is 0 Å². The lowest BCUT2D eigenvalue weighted by molar-refractivity contribution is 0.209. The van der Waals surface area contributed by atoms with Crippen LogP contribution in [0.1, 0.15) is 19.4 Å². The average molecular weight is 343 g/mol. The van der Waals surface area contributed by atoms with Crippen molar-refractivity contribution in [1.29, 1.82) is 0 Å². The van der Waals surface area contributed by atoms with Gasteiger partial charge in [0.25, 0.3) is 0 Å². The number of likely N-dealkylation sites (N-methyl/N-ethyl adjacent to an activating group) is 1. The van der Waals surface area contributed by atoms with E-state index < -0.39 is 0 Å². The Bertz CT molecular complexity index is 407. The quantitative estimate of drug-likeness (QED) is 0.719. The van der Waals surface area contributed by atoms with Crippen LogP contribution in [0, 0.1) is 5.92 Å². The van der Waals surface area contributed by atoms with Gasteiger partial charge in [-0.2, -0.15) is 0 Å². The van der Waals surface area contributed by atoms with Gasteiger partial charge in [0.1, 0.15) is 5.75 Å². The molecule has 0 aliphatic carbocycles. The maximum Gasteiger partial charge on any atom is 0.123 e. The Hall–Kier alpha value is -0.580. The molecule has 114 valence electrons. The monoisotopic (exact) mass is 342 g/mol. The zero-order valence-electron chi connectivity index (χ0n) is 13.3. The molecule has 0 saturated heterocycles. The molecule has 1 aromatic rings. The van der Waals surface area contributed by atoms with Crippen LogP contribution in [-0.2, 0) is 6.54 Å². The van der Waals surface area contributed by atoms with Gasteiger partial charge in [0.15, 0.2) is 0 Å². The van der Waals surface area contributed by atoms with Crippen LogP contribution in [0.2, 0.25) is 0 Å². The SMILES string of the molecule is COc1ccc(Br)cc1CN(CCN(C)C)CC(C)C. The molecule has 0 heterocycles. The van der Waals surface area contributed by atoms with E-state index in [1.54, 1.807) is 7.11 Å². The third kappa shape index (κ3) is 6.25. The van der Waals surface area contributed by atoms with Crippen LogP contribution in [0.15, 0.2) is 22.7 Å². The second kappa shape index (κ2) is 8.65. The molecular formula is C16H27BrN2O. The summed E-state index contributed by atoms with van der Waals surface area (Å²) in [4.78, 5) is 4.72. The molecule has 0 fully saturated rings. The molecule has 0 amide bonds. The van der Waals surface area contributed by atoms with Crippen molar-refractivity contribution in [3.05, 3.63) is 28.2 Å². The summed E-state index contributed by atoms with van der Waals surface area (Å²) in [7, 11) is 5.97. The first-order valence-electron chi connectivity index (χ1n) is 7.12. The van der Waals surface area contributed by atoms with Crippen molar-refractivity contribution in [3.8, 4) is 5.75 Å². The first kappa shape index (κ1) is 17.5. The summed E-state index contributed by atoms with van der Waals surface area (Å²) in [6, 6.07) is 6.20. The smallest absolute Gasteiger partial charge is 0.123 e. The number of rotatable bonds is 8. The van der Waals surface area contributed by atoms with E-state index in [-0.39, 0.29) is 0 Å². The minimum absolute atomic E-state index is 0.662. The van der Waals surface area contributed by atoms with Gasteiger partial charge in [-0.05, 0) is 38.2 Å². The molecule has 4 heteroatoms. The normalized spacial score (nSPS) is 11.7. The minimum Gasteiger partial charge on any atom is -0.496 e. The van der Waals surface area contributed by atoms with Crippen molar-refractivity contribution >= 4 is 15.9 Å². The summed E-state index contributed by atoms with van der Waals surface area (Å²) in [5.74, 6) is 1.63. The highest BCUT2D eigenvalue weighted by molar-refractivity contribution is 9.10. The zero-order valence-corrected chi connectivity index (χ0v) is 14.9. The van der Waals surface area contributed by atoms with Crippen LogP contribution in [-0.4, -0.2) is 50.6 Å². The van der Waals surface area contributed by atoms with Crippen molar-refractivity contribution in [1.82, 2.24) is 9.80 Å². The Kier molecular flexibility index (Phi) is 7.56. The number of ether oxygens (including phenoxy) is 1. The molecule has 0 bridgehead atoms. The summed E-state index contributed by atoms with van der Waals surface area (Å²) in [6.45, 7) is 8.70. The molecule has 0 aliphatic rings.